The lowest BCUT2D eigenvalue weighted by Crippen LogP contribution is -2.13. The Morgan fingerprint density at radius 2 is 1.91 bits per heavy atom. The summed E-state index contributed by atoms with van der Waals surface area (Å²) in [5.74, 6) is 1.06. The molecule has 0 aliphatic heterocycles. The fraction of sp³-hybridized carbons (Fsp3) is 0.0667. The molecule has 0 atom stereocenters. The molecule has 3 aromatic rings. The number of ether oxygens (including phenoxy) is 1. The highest BCUT2D eigenvalue weighted by atomic mass is 35.5. The van der Waals surface area contributed by atoms with Crippen LogP contribution in [-0.4, -0.2) is 16.1 Å². The van der Waals surface area contributed by atoms with Crippen LogP contribution in [0.5, 0.6) is 5.75 Å². The molecule has 0 amide bonds. The summed E-state index contributed by atoms with van der Waals surface area (Å²) in [6.45, 7) is 0. The summed E-state index contributed by atoms with van der Waals surface area (Å²) in [5, 5.41) is 3.60. The second-order valence-electron chi connectivity index (χ2n) is 4.38. The highest BCUT2D eigenvalue weighted by Crippen LogP contribution is 2.28. The molecular formula is C15H12ClN3O2S. The molecule has 0 unspecified atom stereocenters. The zero-order chi connectivity index (χ0) is 15.5. The van der Waals surface area contributed by atoms with Gasteiger partial charge in [-0.3, -0.25) is 4.79 Å². The van der Waals surface area contributed by atoms with Crippen LogP contribution in [0.4, 0.5) is 11.6 Å². The van der Waals surface area contributed by atoms with Gasteiger partial charge >= 0.3 is 4.87 Å². The minimum Gasteiger partial charge on any atom is -0.495 e. The van der Waals surface area contributed by atoms with Gasteiger partial charge in [-0.05, 0) is 24.3 Å². The number of halogens is 1. The first-order valence-electron chi connectivity index (χ1n) is 6.44. The monoisotopic (exact) mass is 333 g/mol. The molecular weight excluding hydrogens is 322 g/mol. The summed E-state index contributed by atoms with van der Waals surface area (Å²) in [6.07, 6.45) is 0. The summed E-state index contributed by atoms with van der Waals surface area (Å²) < 4.78 is 10.9. The van der Waals surface area contributed by atoms with E-state index >= 15 is 0 Å². The van der Waals surface area contributed by atoms with E-state index in [0.29, 0.717) is 22.4 Å². The zero-order valence-electron chi connectivity index (χ0n) is 11.6. The molecule has 22 heavy (non-hydrogen) atoms. The largest absolute Gasteiger partial charge is 0.495 e. The number of aromatic nitrogens is 2. The van der Waals surface area contributed by atoms with Gasteiger partial charge < -0.3 is 10.1 Å². The second kappa shape index (κ2) is 6.21. The average molecular weight is 334 g/mol. The molecule has 2 aromatic carbocycles. The SMILES string of the molecule is COc1ccccc1Nc1nsc(=O)n1-c1ccccc1Cl. The van der Waals surface area contributed by atoms with Crippen LogP contribution >= 0.6 is 23.1 Å². The third-order valence-corrected chi connectivity index (χ3v) is 3.97. The summed E-state index contributed by atoms with van der Waals surface area (Å²) >= 11 is 7.05. The molecule has 1 heterocycles. The number of nitrogens with zero attached hydrogens (tertiary/aromatic N) is 2. The van der Waals surface area contributed by atoms with E-state index in [1.165, 1.54) is 4.57 Å². The summed E-state index contributed by atoms with van der Waals surface area (Å²) in [6, 6.07) is 14.5. The Morgan fingerprint density at radius 1 is 1.18 bits per heavy atom. The lowest BCUT2D eigenvalue weighted by atomic mass is 10.3. The van der Waals surface area contributed by atoms with Gasteiger partial charge in [0.1, 0.15) is 5.75 Å². The van der Waals surface area contributed by atoms with Gasteiger partial charge in [-0.15, -0.1) is 0 Å². The number of benzene rings is 2. The third-order valence-electron chi connectivity index (χ3n) is 3.05. The van der Waals surface area contributed by atoms with Gasteiger partial charge in [0.2, 0.25) is 5.95 Å². The highest BCUT2D eigenvalue weighted by molar-refractivity contribution is 7.03. The normalized spacial score (nSPS) is 10.5. The van der Waals surface area contributed by atoms with Crippen molar-refractivity contribution in [1.29, 1.82) is 0 Å². The van der Waals surface area contributed by atoms with Crippen LogP contribution in [0.1, 0.15) is 0 Å². The van der Waals surface area contributed by atoms with Crippen LogP contribution in [-0.2, 0) is 0 Å². The highest BCUT2D eigenvalue weighted by Gasteiger charge is 2.14. The van der Waals surface area contributed by atoms with Crippen molar-refractivity contribution in [2.45, 2.75) is 0 Å². The smallest absolute Gasteiger partial charge is 0.332 e. The van der Waals surface area contributed by atoms with Crippen molar-refractivity contribution < 1.29 is 4.74 Å². The fourth-order valence-corrected chi connectivity index (χ4v) is 2.82. The van der Waals surface area contributed by atoms with Crippen molar-refractivity contribution in [3.05, 3.63) is 63.2 Å². The number of nitrogens with one attached hydrogen (secondary N) is 1. The van der Waals surface area contributed by atoms with Crippen molar-refractivity contribution in [1.82, 2.24) is 8.94 Å². The first-order chi connectivity index (χ1) is 10.7. The number of methoxy groups -OCH3 is 1. The van der Waals surface area contributed by atoms with Gasteiger partial charge in [0.25, 0.3) is 0 Å². The third kappa shape index (κ3) is 2.70. The van der Waals surface area contributed by atoms with E-state index in [1.807, 2.05) is 36.4 Å². The topological polar surface area (TPSA) is 56.1 Å². The predicted octanol–water partition coefficient (Wildman–Crippen LogP) is 3.70. The van der Waals surface area contributed by atoms with Crippen molar-refractivity contribution in [3.63, 3.8) is 0 Å². The van der Waals surface area contributed by atoms with Crippen molar-refractivity contribution >= 4 is 34.8 Å². The number of para-hydroxylation sites is 3. The Bertz CT molecular complexity index is 860. The first kappa shape index (κ1) is 14.6. The van der Waals surface area contributed by atoms with Gasteiger partial charge in [-0.2, -0.15) is 4.37 Å². The Hall–Kier alpha value is -2.31. The maximum Gasteiger partial charge on any atom is 0.332 e. The second-order valence-corrected chi connectivity index (χ2v) is 5.51. The number of rotatable bonds is 4. The van der Waals surface area contributed by atoms with Crippen molar-refractivity contribution in [2.75, 3.05) is 12.4 Å². The average Bonchev–Trinajstić information content (AvgIpc) is 2.89. The van der Waals surface area contributed by atoms with Gasteiger partial charge in [0.05, 0.1) is 23.5 Å². The Kier molecular flexibility index (Phi) is 4.13. The van der Waals surface area contributed by atoms with Crippen LogP contribution in [0.15, 0.2) is 53.3 Å². The van der Waals surface area contributed by atoms with Crippen LogP contribution in [0.2, 0.25) is 5.02 Å². The number of hydrogen-bond acceptors (Lipinski definition) is 5. The van der Waals surface area contributed by atoms with Crippen LogP contribution in [0, 0.1) is 0 Å². The molecule has 0 fully saturated rings. The van der Waals surface area contributed by atoms with Gasteiger partial charge in [0, 0.05) is 11.5 Å². The number of anilines is 2. The van der Waals surface area contributed by atoms with Gasteiger partial charge in [-0.1, -0.05) is 35.9 Å². The molecule has 1 aromatic heterocycles. The van der Waals surface area contributed by atoms with Gasteiger partial charge in [0.15, 0.2) is 0 Å². The molecule has 0 saturated heterocycles. The molecule has 0 aliphatic carbocycles. The molecule has 0 bridgehead atoms. The molecule has 0 radical (unpaired) electrons. The minimum absolute atomic E-state index is 0.217. The molecule has 0 aliphatic rings. The molecule has 0 saturated carbocycles. The summed E-state index contributed by atoms with van der Waals surface area (Å²) in [4.78, 5) is 11.9. The minimum atomic E-state index is -0.217. The van der Waals surface area contributed by atoms with E-state index in [1.54, 1.807) is 19.2 Å². The lowest BCUT2D eigenvalue weighted by molar-refractivity contribution is 0.417. The van der Waals surface area contributed by atoms with E-state index in [-0.39, 0.29) is 4.87 Å². The molecule has 0 spiro atoms. The van der Waals surface area contributed by atoms with Crippen LogP contribution < -0.4 is 14.9 Å². The Labute approximate surface area is 135 Å². The Morgan fingerprint density at radius 3 is 2.68 bits per heavy atom. The first-order valence-corrected chi connectivity index (χ1v) is 7.59. The predicted molar refractivity (Wildman–Crippen MR) is 89.0 cm³/mol. The molecule has 3 rings (SSSR count). The van der Waals surface area contributed by atoms with E-state index in [9.17, 15) is 4.79 Å². The lowest BCUT2D eigenvalue weighted by Gasteiger charge is -2.12. The standard InChI is InChI=1S/C15H12ClN3O2S/c1-21-13-9-5-3-7-11(13)17-14-18-22-15(20)19(14)12-8-4-2-6-10(12)16/h2-9H,1H3,(H,17,18). The van der Waals surface area contributed by atoms with E-state index in [0.717, 1.165) is 17.2 Å². The molecule has 5 nitrogen and oxygen atoms in total. The summed E-state index contributed by atoms with van der Waals surface area (Å²) in [7, 11) is 1.59. The fourth-order valence-electron chi connectivity index (χ4n) is 2.04. The van der Waals surface area contributed by atoms with Crippen molar-refractivity contribution in [3.8, 4) is 11.4 Å². The Balaban J connectivity index is 2.07. The van der Waals surface area contributed by atoms with Crippen LogP contribution in [0.25, 0.3) is 5.69 Å². The zero-order valence-corrected chi connectivity index (χ0v) is 13.2. The number of hydrogen-bond donors (Lipinski definition) is 1. The maximum atomic E-state index is 12.1. The maximum absolute atomic E-state index is 12.1. The van der Waals surface area contributed by atoms with E-state index < -0.39 is 0 Å². The van der Waals surface area contributed by atoms with Gasteiger partial charge in [-0.25, -0.2) is 4.57 Å². The van der Waals surface area contributed by atoms with E-state index in [2.05, 4.69) is 9.69 Å². The molecule has 1 N–H and O–H groups in total. The quantitative estimate of drug-likeness (QED) is 0.791. The van der Waals surface area contributed by atoms with Crippen molar-refractivity contribution in [2.24, 2.45) is 0 Å². The summed E-state index contributed by atoms with van der Waals surface area (Å²) in [5.41, 5.74) is 1.30. The van der Waals surface area contributed by atoms with E-state index in [4.69, 9.17) is 16.3 Å². The molecule has 7 heteroatoms. The van der Waals surface area contributed by atoms with Crippen LogP contribution in [0.3, 0.4) is 0 Å². The molecule has 112 valence electrons.